The maximum absolute atomic E-state index is 6.03. The highest BCUT2D eigenvalue weighted by Crippen LogP contribution is 2.24. The number of benzene rings is 1. The minimum absolute atomic E-state index is 0.460. The predicted octanol–water partition coefficient (Wildman–Crippen LogP) is 3.50. The molecule has 0 unspecified atom stereocenters. The zero-order chi connectivity index (χ0) is 12.8. The summed E-state index contributed by atoms with van der Waals surface area (Å²) in [6.45, 7) is 1.15. The molecule has 1 saturated carbocycles. The Kier molecular flexibility index (Phi) is 5.06. The molecule has 0 radical (unpaired) electrons. The molecule has 0 atom stereocenters. The third-order valence-electron chi connectivity index (χ3n) is 3.57. The third kappa shape index (κ3) is 4.34. The second kappa shape index (κ2) is 6.79. The first kappa shape index (κ1) is 13.4. The Labute approximate surface area is 111 Å². The largest absolute Gasteiger partial charge is 0.490 e. The molecule has 0 amide bonds. The average molecular weight is 247 g/mol. The van der Waals surface area contributed by atoms with Gasteiger partial charge in [0, 0.05) is 0 Å². The first-order chi connectivity index (χ1) is 8.74. The number of ether oxygens (including phenoxy) is 1. The molecule has 0 spiro atoms. The maximum Gasteiger partial charge on any atom is 0.119 e. The molecule has 0 aromatic heterocycles. The number of hydrogen-bond acceptors (Lipinski definition) is 2. The van der Waals surface area contributed by atoms with E-state index in [0.717, 1.165) is 18.7 Å². The molecule has 1 aliphatic carbocycles. The van der Waals surface area contributed by atoms with Crippen LogP contribution in [0.4, 0.5) is 0 Å². The quantitative estimate of drug-likeness (QED) is 0.763. The molecule has 0 N–H and O–H groups in total. The van der Waals surface area contributed by atoms with Gasteiger partial charge >= 0.3 is 0 Å². The summed E-state index contributed by atoms with van der Waals surface area (Å²) in [6.07, 6.45) is 7.91. The van der Waals surface area contributed by atoms with Gasteiger partial charge in [0.1, 0.15) is 5.75 Å². The van der Waals surface area contributed by atoms with Gasteiger partial charge in [-0.3, -0.25) is 0 Å². The molecule has 2 nitrogen and oxygen atoms in total. The fourth-order valence-electron chi connectivity index (χ4n) is 2.57. The monoisotopic (exact) mass is 247 g/mol. The number of nitrogens with zero attached hydrogens (tertiary/aromatic N) is 1. The summed E-state index contributed by atoms with van der Waals surface area (Å²) in [6, 6.07) is 8.63. The minimum atomic E-state index is 0.460. The van der Waals surface area contributed by atoms with Crippen LogP contribution in [0.2, 0.25) is 0 Å². The van der Waals surface area contributed by atoms with E-state index in [-0.39, 0.29) is 0 Å². The molecule has 1 aromatic carbocycles. The topological polar surface area (TPSA) is 12.5 Å². The van der Waals surface area contributed by atoms with Crippen molar-refractivity contribution in [3.05, 3.63) is 29.8 Å². The van der Waals surface area contributed by atoms with Crippen LogP contribution in [-0.2, 0) is 6.42 Å². The fraction of sp³-hybridized carbons (Fsp3) is 0.625. The van der Waals surface area contributed by atoms with E-state index in [1.165, 1.54) is 37.7 Å². The van der Waals surface area contributed by atoms with Crippen molar-refractivity contribution in [2.24, 2.45) is 0 Å². The number of rotatable bonds is 6. The van der Waals surface area contributed by atoms with Crippen LogP contribution >= 0.6 is 0 Å². The van der Waals surface area contributed by atoms with E-state index in [4.69, 9.17) is 4.74 Å². The number of aryl methyl sites for hydroxylation is 1. The van der Waals surface area contributed by atoms with Gasteiger partial charge < -0.3 is 9.64 Å². The normalized spacial score (nSPS) is 16.4. The molecule has 18 heavy (non-hydrogen) atoms. The molecule has 1 fully saturated rings. The molecule has 2 rings (SSSR count). The SMILES string of the molecule is CN(C)CCCc1cccc(OC2CCCC2)c1. The van der Waals surface area contributed by atoms with Crippen molar-refractivity contribution in [2.45, 2.75) is 44.6 Å². The Morgan fingerprint density at radius 1 is 1.22 bits per heavy atom. The summed E-state index contributed by atoms with van der Waals surface area (Å²) in [5, 5.41) is 0. The summed E-state index contributed by atoms with van der Waals surface area (Å²) in [7, 11) is 4.25. The predicted molar refractivity (Wildman–Crippen MR) is 76.2 cm³/mol. The summed E-state index contributed by atoms with van der Waals surface area (Å²) in [5.74, 6) is 1.06. The zero-order valence-corrected chi connectivity index (χ0v) is 11.7. The molecule has 2 heteroatoms. The van der Waals surface area contributed by atoms with Crippen molar-refractivity contribution in [1.82, 2.24) is 4.90 Å². The Morgan fingerprint density at radius 2 is 2.00 bits per heavy atom. The Bertz CT molecular complexity index is 356. The summed E-state index contributed by atoms with van der Waals surface area (Å²) in [5.41, 5.74) is 1.40. The summed E-state index contributed by atoms with van der Waals surface area (Å²) < 4.78 is 6.03. The maximum atomic E-state index is 6.03. The summed E-state index contributed by atoms with van der Waals surface area (Å²) >= 11 is 0. The lowest BCUT2D eigenvalue weighted by Gasteiger charge is -2.14. The Hall–Kier alpha value is -1.02. The molecule has 0 bridgehead atoms. The van der Waals surface area contributed by atoms with Crippen LogP contribution in [0.15, 0.2) is 24.3 Å². The molecular formula is C16H25NO. The van der Waals surface area contributed by atoms with E-state index in [9.17, 15) is 0 Å². The first-order valence-corrected chi connectivity index (χ1v) is 7.14. The van der Waals surface area contributed by atoms with Crippen molar-refractivity contribution in [3.63, 3.8) is 0 Å². The van der Waals surface area contributed by atoms with Crippen molar-refractivity contribution < 1.29 is 4.74 Å². The van der Waals surface area contributed by atoms with E-state index >= 15 is 0 Å². The van der Waals surface area contributed by atoms with Gasteiger partial charge in [-0.25, -0.2) is 0 Å². The van der Waals surface area contributed by atoms with Crippen LogP contribution in [-0.4, -0.2) is 31.6 Å². The van der Waals surface area contributed by atoms with Gasteiger partial charge in [0.25, 0.3) is 0 Å². The second-order valence-corrected chi connectivity index (χ2v) is 5.58. The van der Waals surface area contributed by atoms with Crippen LogP contribution in [0.1, 0.15) is 37.7 Å². The van der Waals surface area contributed by atoms with Gasteiger partial charge in [-0.2, -0.15) is 0 Å². The smallest absolute Gasteiger partial charge is 0.119 e. The highest BCUT2D eigenvalue weighted by atomic mass is 16.5. The van der Waals surface area contributed by atoms with Crippen molar-refractivity contribution >= 4 is 0 Å². The Morgan fingerprint density at radius 3 is 2.72 bits per heavy atom. The van der Waals surface area contributed by atoms with Gasteiger partial charge in [-0.15, -0.1) is 0 Å². The van der Waals surface area contributed by atoms with Gasteiger partial charge in [-0.05, 0) is 76.9 Å². The Balaban J connectivity index is 1.84. The van der Waals surface area contributed by atoms with Crippen LogP contribution in [0.3, 0.4) is 0 Å². The average Bonchev–Trinajstić information content (AvgIpc) is 2.82. The molecule has 0 aliphatic heterocycles. The lowest BCUT2D eigenvalue weighted by molar-refractivity contribution is 0.210. The van der Waals surface area contributed by atoms with Crippen LogP contribution in [0.5, 0.6) is 5.75 Å². The van der Waals surface area contributed by atoms with Gasteiger partial charge in [0.15, 0.2) is 0 Å². The molecule has 0 heterocycles. The van der Waals surface area contributed by atoms with E-state index in [1.807, 2.05) is 0 Å². The van der Waals surface area contributed by atoms with E-state index in [2.05, 4.69) is 43.3 Å². The van der Waals surface area contributed by atoms with Gasteiger partial charge in [-0.1, -0.05) is 12.1 Å². The van der Waals surface area contributed by atoms with Gasteiger partial charge in [0.05, 0.1) is 6.10 Å². The standard InChI is InChI=1S/C16H25NO/c1-17(2)12-6-8-14-7-5-11-16(13-14)18-15-9-3-4-10-15/h5,7,11,13,15H,3-4,6,8-10,12H2,1-2H3. The lowest BCUT2D eigenvalue weighted by atomic mass is 10.1. The third-order valence-corrected chi connectivity index (χ3v) is 3.57. The van der Waals surface area contributed by atoms with Crippen molar-refractivity contribution in [1.29, 1.82) is 0 Å². The molecular weight excluding hydrogens is 222 g/mol. The molecule has 1 aromatic rings. The van der Waals surface area contributed by atoms with E-state index in [1.54, 1.807) is 0 Å². The van der Waals surface area contributed by atoms with Crippen LogP contribution in [0, 0.1) is 0 Å². The molecule has 1 aliphatic rings. The molecule has 0 saturated heterocycles. The van der Waals surface area contributed by atoms with E-state index in [0.29, 0.717) is 6.10 Å². The molecule has 100 valence electrons. The highest BCUT2D eigenvalue weighted by Gasteiger charge is 2.16. The van der Waals surface area contributed by atoms with Crippen molar-refractivity contribution in [2.75, 3.05) is 20.6 Å². The highest BCUT2D eigenvalue weighted by molar-refractivity contribution is 5.28. The van der Waals surface area contributed by atoms with Crippen molar-refractivity contribution in [3.8, 4) is 5.75 Å². The van der Waals surface area contributed by atoms with Crippen LogP contribution < -0.4 is 4.74 Å². The van der Waals surface area contributed by atoms with Crippen LogP contribution in [0.25, 0.3) is 0 Å². The zero-order valence-electron chi connectivity index (χ0n) is 11.7. The second-order valence-electron chi connectivity index (χ2n) is 5.58. The summed E-state index contributed by atoms with van der Waals surface area (Å²) in [4.78, 5) is 2.23. The fourth-order valence-corrected chi connectivity index (χ4v) is 2.57. The van der Waals surface area contributed by atoms with E-state index < -0.39 is 0 Å². The first-order valence-electron chi connectivity index (χ1n) is 7.14. The lowest BCUT2D eigenvalue weighted by Crippen LogP contribution is -2.13. The minimum Gasteiger partial charge on any atom is -0.490 e. The van der Waals surface area contributed by atoms with Gasteiger partial charge in [0.2, 0.25) is 0 Å². The number of hydrogen-bond donors (Lipinski definition) is 0.